The summed E-state index contributed by atoms with van der Waals surface area (Å²) in [7, 11) is 4.29. The molecule has 0 aromatic heterocycles. The predicted molar refractivity (Wildman–Crippen MR) is 81.8 cm³/mol. The molecule has 0 aromatic rings. The zero-order chi connectivity index (χ0) is 15.1. The normalized spacial score (nSPS) is 25.1. The van der Waals surface area contributed by atoms with Crippen LogP contribution in [0.1, 0.15) is 27.2 Å². The van der Waals surface area contributed by atoms with Gasteiger partial charge < -0.3 is 19.9 Å². The average Bonchev–Trinajstić information content (AvgIpc) is 2.76. The lowest BCUT2D eigenvalue weighted by Crippen LogP contribution is -2.41. The molecule has 1 saturated heterocycles. The number of likely N-dealkylation sites (N-methyl/N-ethyl adjacent to an activating group) is 2. The molecular weight excluding hydrogens is 254 g/mol. The minimum atomic E-state index is -0.173. The van der Waals surface area contributed by atoms with E-state index in [-0.39, 0.29) is 12.0 Å². The smallest absolute Gasteiger partial charge is 0.323 e. The third-order valence-electron chi connectivity index (χ3n) is 4.07. The summed E-state index contributed by atoms with van der Waals surface area (Å²) in [6.07, 6.45) is 0.819. The van der Waals surface area contributed by atoms with Crippen LogP contribution in [-0.2, 0) is 9.53 Å². The Morgan fingerprint density at radius 3 is 2.60 bits per heavy atom. The molecule has 1 fully saturated rings. The minimum Gasteiger partial charge on any atom is -0.465 e. The van der Waals surface area contributed by atoms with Crippen LogP contribution in [0.25, 0.3) is 0 Å². The zero-order valence-electron chi connectivity index (χ0n) is 13.7. The Bertz CT molecular complexity index is 297. The summed E-state index contributed by atoms with van der Waals surface area (Å²) in [5.74, 6) is 0.566. The Balaban J connectivity index is 2.42. The molecule has 0 aromatic carbocycles. The van der Waals surface area contributed by atoms with E-state index in [0.717, 1.165) is 32.6 Å². The Labute approximate surface area is 123 Å². The van der Waals surface area contributed by atoms with Crippen LogP contribution in [0.15, 0.2) is 0 Å². The lowest BCUT2D eigenvalue weighted by Gasteiger charge is -2.23. The van der Waals surface area contributed by atoms with Crippen LogP contribution in [-0.4, -0.2) is 74.7 Å². The van der Waals surface area contributed by atoms with Gasteiger partial charge in [-0.15, -0.1) is 0 Å². The second-order valence-corrected chi connectivity index (χ2v) is 5.92. The van der Waals surface area contributed by atoms with Gasteiger partial charge in [0.05, 0.1) is 6.61 Å². The summed E-state index contributed by atoms with van der Waals surface area (Å²) in [5, 5.41) is 3.22. The summed E-state index contributed by atoms with van der Waals surface area (Å²) in [4.78, 5) is 16.6. The van der Waals surface area contributed by atoms with Crippen molar-refractivity contribution in [3.8, 4) is 0 Å². The zero-order valence-corrected chi connectivity index (χ0v) is 13.7. The van der Waals surface area contributed by atoms with E-state index in [9.17, 15) is 4.79 Å². The van der Waals surface area contributed by atoms with E-state index in [1.54, 1.807) is 0 Å². The summed E-state index contributed by atoms with van der Waals surface area (Å²) >= 11 is 0. The summed E-state index contributed by atoms with van der Waals surface area (Å²) in [6, 6.07) is 0.448. The summed E-state index contributed by atoms with van der Waals surface area (Å²) in [6.45, 7) is 10.6. The molecule has 20 heavy (non-hydrogen) atoms. The standard InChI is InChI=1S/C15H31N3O2/c1-6-16-13(15(19)20-7-2)8-9-18-10-12(3)14(11-18)17(4)5/h12-14,16H,6-11H2,1-5H3. The van der Waals surface area contributed by atoms with Gasteiger partial charge in [0.25, 0.3) is 0 Å². The van der Waals surface area contributed by atoms with Crippen molar-refractivity contribution in [3.05, 3.63) is 0 Å². The topological polar surface area (TPSA) is 44.8 Å². The van der Waals surface area contributed by atoms with E-state index in [2.05, 4.69) is 36.1 Å². The average molecular weight is 285 g/mol. The van der Waals surface area contributed by atoms with Crippen LogP contribution in [0.3, 0.4) is 0 Å². The SMILES string of the molecule is CCNC(CCN1CC(C)C(N(C)C)C1)C(=O)OCC. The van der Waals surface area contributed by atoms with Crippen molar-refractivity contribution in [2.75, 3.05) is 46.9 Å². The van der Waals surface area contributed by atoms with Gasteiger partial charge in [0, 0.05) is 25.7 Å². The molecule has 5 nitrogen and oxygen atoms in total. The first-order valence-corrected chi connectivity index (χ1v) is 7.78. The Hall–Kier alpha value is -0.650. The third-order valence-corrected chi connectivity index (χ3v) is 4.07. The number of carbonyl (C=O) groups is 1. The van der Waals surface area contributed by atoms with Crippen molar-refractivity contribution in [3.63, 3.8) is 0 Å². The van der Waals surface area contributed by atoms with Crippen molar-refractivity contribution in [1.29, 1.82) is 0 Å². The van der Waals surface area contributed by atoms with E-state index in [1.807, 2.05) is 13.8 Å². The molecule has 0 aliphatic carbocycles. The van der Waals surface area contributed by atoms with Crippen LogP contribution in [0.4, 0.5) is 0 Å². The lowest BCUT2D eigenvalue weighted by molar-refractivity contribution is -0.145. The number of nitrogens with zero attached hydrogens (tertiary/aromatic N) is 2. The second kappa shape index (κ2) is 8.60. The monoisotopic (exact) mass is 285 g/mol. The van der Waals surface area contributed by atoms with Gasteiger partial charge in [0.2, 0.25) is 0 Å². The number of hydrogen-bond donors (Lipinski definition) is 1. The van der Waals surface area contributed by atoms with Crippen molar-refractivity contribution in [2.45, 2.75) is 39.3 Å². The highest BCUT2D eigenvalue weighted by molar-refractivity contribution is 5.75. The molecule has 3 unspecified atom stereocenters. The highest BCUT2D eigenvalue weighted by Gasteiger charge is 2.31. The molecule has 5 heteroatoms. The molecule has 0 saturated carbocycles. The molecule has 1 aliphatic heterocycles. The minimum absolute atomic E-state index is 0.120. The number of hydrogen-bond acceptors (Lipinski definition) is 5. The quantitative estimate of drug-likeness (QED) is 0.668. The highest BCUT2D eigenvalue weighted by atomic mass is 16.5. The Morgan fingerprint density at radius 1 is 1.40 bits per heavy atom. The van der Waals surface area contributed by atoms with Crippen LogP contribution in [0.2, 0.25) is 0 Å². The van der Waals surface area contributed by atoms with E-state index < -0.39 is 0 Å². The molecule has 0 bridgehead atoms. The van der Waals surface area contributed by atoms with Gasteiger partial charge in [0.1, 0.15) is 6.04 Å². The summed E-state index contributed by atoms with van der Waals surface area (Å²) in [5.41, 5.74) is 0. The van der Waals surface area contributed by atoms with Gasteiger partial charge in [-0.3, -0.25) is 4.79 Å². The number of rotatable bonds is 8. The fraction of sp³-hybridized carbons (Fsp3) is 0.933. The number of esters is 1. The van der Waals surface area contributed by atoms with Crippen LogP contribution in [0.5, 0.6) is 0 Å². The molecule has 1 heterocycles. The predicted octanol–water partition coefficient (Wildman–Crippen LogP) is 0.800. The van der Waals surface area contributed by atoms with Gasteiger partial charge >= 0.3 is 5.97 Å². The van der Waals surface area contributed by atoms with E-state index in [4.69, 9.17) is 4.74 Å². The van der Waals surface area contributed by atoms with Crippen molar-refractivity contribution >= 4 is 5.97 Å². The number of likely N-dealkylation sites (tertiary alicyclic amines) is 1. The molecule has 1 aliphatic rings. The van der Waals surface area contributed by atoms with Gasteiger partial charge in [-0.25, -0.2) is 0 Å². The fourth-order valence-electron chi connectivity index (χ4n) is 3.01. The number of nitrogens with one attached hydrogen (secondary N) is 1. The Morgan fingerprint density at radius 2 is 2.10 bits per heavy atom. The second-order valence-electron chi connectivity index (χ2n) is 5.92. The van der Waals surface area contributed by atoms with Crippen LogP contribution >= 0.6 is 0 Å². The maximum Gasteiger partial charge on any atom is 0.323 e. The molecule has 118 valence electrons. The third kappa shape index (κ3) is 5.04. The van der Waals surface area contributed by atoms with Crippen molar-refractivity contribution in [2.24, 2.45) is 5.92 Å². The number of carbonyl (C=O) groups excluding carboxylic acids is 1. The van der Waals surface area contributed by atoms with E-state index >= 15 is 0 Å². The molecule has 0 spiro atoms. The molecule has 3 atom stereocenters. The van der Waals surface area contributed by atoms with Gasteiger partial charge in [0.15, 0.2) is 0 Å². The van der Waals surface area contributed by atoms with Crippen LogP contribution < -0.4 is 5.32 Å². The molecule has 0 amide bonds. The molecule has 1 rings (SSSR count). The summed E-state index contributed by atoms with van der Waals surface area (Å²) < 4.78 is 5.12. The first kappa shape index (κ1) is 17.4. The molecular formula is C15H31N3O2. The van der Waals surface area contributed by atoms with Crippen molar-refractivity contribution in [1.82, 2.24) is 15.1 Å². The van der Waals surface area contributed by atoms with Gasteiger partial charge in [-0.1, -0.05) is 13.8 Å². The molecule has 0 radical (unpaired) electrons. The first-order chi connectivity index (χ1) is 9.49. The fourth-order valence-corrected chi connectivity index (χ4v) is 3.01. The highest BCUT2D eigenvalue weighted by Crippen LogP contribution is 2.20. The maximum absolute atomic E-state index is 11.9. The maximum atomic E-state index is 11.9. The largest absolute Gasteiger partial charge is 0.465 e. The first-order valence-electron chi connectivity index (χ1n) is 7.78. The Kier molecular flexibility index (Phi) is 7.48. The van der Waals surface area contributed by atoms with E-state index in [1.165, 1.54) is 0 Å². The number of ether oxygens (including phenoxy) is 1. The molecule has 1 N–H and O–H groups in total. The lowest BCUT2D eigenvalue weighted by atomic mass is 10.1. The van der Waals surface area contributed by atoms with Gasteiger partial charge in [-0.05, 0) is 39.9 Å². The van der Waals surface area contributed by atoms with E-state index in [0.29, 0.717) is 18.6 Å². The van der Waals surface area contributed by atoms with Crippen LogP contribution in [0, 0.1) is 5.92 Å². The van der Waals surface area contributed by atoms with Crippen molar-refractivity contribution < 1.29 is 9.53 Å². The van der Waals surface area contributed by atoms with Gasteiger partial charge in [-0.2, -0.15) is 0 Å².